The molecule has 3 nitrogen and oxygen atoms in total. The van der Waals surface area contributed by atoms with Gasteiger partial charge in [-0.2, -0.15) is 0 Å². The lowest BCUT2D eigenvalue weighted by Gasteiger charge is -2.36. The summed E-state index contributed by atoms with van der Waals surface area (Å²) in [6.07, 6.45) is 0.922. The van der Waals surface area contributed by atoms with E-state index in [0.717, 1.165) is 18.0 Å². The lowest BCUT2D eigenvalue weighted by molar-refractivity contribution is -0.130. The molecule has 1 fully saturated rings. The van der Waals surface area contributed by atoms with Crippen molar-refractivity contribution in [2.45, 2.75) is 25.3 Å². The third kappa shape index (κ3) is 2.99. The van der Waals surface area contributed by atoms with Crippen LogP contribution in [0.3, 0.4) is 0 Å². The van der Waals surface area contributed by atoms with E-state index in [1.54, 1.807) is 6.92 Å². The number of amides is 1. The molecule has 0 saturated carbocycles. The van der Waals surface area contributed by atoms with Crippen LogP contribution in [-0.4, -0.2) is 29.9 Å². The van der Waals surface area contributed by atoms with Gasteiger partial charge in [0.15, 0.2) is 0 Å². The quantitative estimate of drug-likeness (QED) is 0.831. The van der Waals surface area contributed by atoms with Crippen molar-refractivity contribution in [3.05, 3.63) is 34.9 Å². The van der Waals surface area contributed by atoms with Crippen LogP contribution in [-0.2, 0) is 4.79 Å². The molecule has 92 valence electrons. The highest BCUT2D eigenvalue weighted by Crippen LogP contribution is 2.27. The average molecular weight is 253 g/mol. The molecule has 2 rings (SSSR count). The lowest BCUT2D eigenvalue weighted by Crippen LogP contribution is -2.47. The molecule has 1 heterocycles. The van der Waals surface area contributed by atoms with Gasteiger partial charge in [-0.05, 0) is 24.1 Å². The predicted octanol–water partition coefficient (Wildman–Crippen LogP) is 2.00. The molecule has 1 aromatic carbocycles. The minimum atomic E-state index is 0.0633. The Morgan fingerprint density at radius 2 is 2.00 bits per heavy atom. The van der Waals surface area contributed by atoms with E-state index in [9.17, 15) is 4.79 Å². The first-order valence-corrected chi connectivity index (χ1v) is 6.20. The Kier molecular flexibility index (Phi) is 3.69. The van der Waals surface area contributed by atoms with E-state index in [0.29, 0.717) is 12.5 Å². The van der Waals surface area contributed by atoms with Crippen LogP contribution in [0.5, 0.6) is 0 Å². The van der Waals surface area contributed by atoms with E-state index in [-0.39, 0.29) is 11.9 Å². The summed E-state index contributed by atoms with van der Waals surface area (Å²) in [4.78, 5) is 13.3. The van der Waals surface area contributed by atoms with Gasteiger partial charge in [0, 0.05) is 37.0 Å². The summed E-state index contributed by atoms with van der Waals surface area (Å²) in [5.41, 5.74) is 7.21. The van der Waals surface area contributed by atoms with Gasteiger partial charge in [-0.15, -0.1) is 0 Å². The number of nitrogens with two attached hydrogens (primary N) is 1. The van der Waals surface area contributed by atoms with Gasteiger partial charge in [0.25, 0.3) is 0 Å². The van der Waals surface area contributed by atoms with Crippen molar-refractivity contribution in [3.63, 3.8) is 0 Å². The maximum Gasteiger partial charge on any atom is 0.219 e. The number of nitrogens with zero attached hydrogens (tertiary/aromatic N) is 1. The number of carbonyl (C=O) groups excluding carboxylic acids is 1. The summed E-state index contributed by atoms with van der Waals surface area (Å²) >= 11 is 5.87. The van der Waals surface area contributed by atoms with Gasteiger partial charge in [0.2, 0.25) is 5.91 Å². The molecule has 0 bridgehead atoms. The molecule has 0 spiro atoms. The Morgan fingerprint density at radius 1 is 1.35 bits per heavy atom. The lowest BCUT2D eigenvalue weighted by atomic mass is 9.88. The molecule has 4 heteroatoms. The summed E-state index contributed by atoms with van der Waals surface area (Å²) in [7, 11) is 0. The number of piperidine rings is 1. The Hall–Kier alpha value is -1.06. The Labute approximate surface area is 107 Å². The smallest absolute Gasteiger partial charge is 0.219 e. The highest BCUT2D eigenvalue weighted by Gasteiger charge is 2.27. The standard InChI is InChI=1S/C13H17ClN2O/c1-9(17)16-7-11(6-13(15)8-16)10-2-4-12(14)5-3-10/h2-5,11,13H,6-8,15H2,1H3. The highest BCUT2D eigenvalue weighted by atomic mass is 35.5. The molecule has 0 aliphatic carbocycles. The van der Waals surface area contributed by atoms with Crippen LogP contribution in [0.1, 0.15) is 24.8 Å². The maximum absolute atomic E-state index is 11.4. The van der Waals surface area contributed by atoms with Crippen LogP contribution in [0, 0.1) is 0 Å². The van der Waals surface area contributed by atoms with Crippen molar-refractivity contribution in [2.24, 2.45) is 5.73 Å². The molecule has 1 aromatic rings. The highest BCUT2D eigenvalue weighted by molar-refractivity contribution is 6.30. The van der Waals surface area contributed by atoms with Crippen molar-refractivity contribution < 1.29 is 4.79 Å². The summed E-state index contributed by atoms with van der Waals surface area (Å²) in [6, 6.07) is 7.87. The molecule has 1 saturated heterocycles. The minimum absolute atomic E-state index is 0.0633. The van der Waals surface area contributed by atoms with E-state index in [1.165, 1.54) is 5.56 Å². The number of hydrogen-bond acceptors (Lipinski definition) is 2. The van der Waals surface area contributed by atoms with E-state index < -0.39 is 0 Å². The summed E-state index contributed by atoms with van der Waals surface area (Å²) in [5, 5.41) is 0.734. The van der Waals surface area contributed by atoms with Crippen LogP contribution in [0.25, 0.3) is 0 Å². The fraction of sp³-hybridized carbons (Fsp3) is 0.462. The zero-order chi connectivity index (χ0) is 12.4. The van der Waals surface area contributed by atoms with Crippen LogP contribution >= 0.6 is 11.6 Å². The second-order valence-corrected chi connectivity index (χ2v) is 5.10. The zero-order valence-corrected chi connectivity index (χ0v) is 10.7. The minimum Gasteiger partial charge on any atom is -0.341 e. The van der Waals surface area contributed by atoms with Crippen LogP contribution in [0.2, 0.25) is 5.02 Å². The van der Waals surface area contributed by atoms with Crippen molar-refractivity contribution in [1.82, 2.24) is 4.90 Å². The second kappa shape index (κ2) is 5.07. The Balaban J connectivity index is 2.15. The average Bonchev–Trinajstić information content (AvgIpc) is 2.29. The van der Waals surface area contributed by atoms with Crippen LogP contribution in [0.4, 0.5) is 0 Å². The van der Waals surface area contributed by atoms with Gasteiger partial charge in [0.1, 0.15) is 0 Å². The fourth-order valence-electron chi connectivity index (χ4n) is 2.37. The van der Waals surface area contributed by atoms with Gasteiger partial charge in [0.05, 0.1) is 0 Å². The monoisotopic (exact) mass is 252 g/mol. The number of rotatable bonds is 1. The molecule has 1 aliphatic rings. The summed E-state index contributed by atoms with van der Waals surface area (Å²) in [5.74, 6) is 0.416. The maximum atomic E-state index is 11.4. The second-order valence-electron chi connectivity index (χ2n) is 4.67. The number of hydrogen-bond donors (Lipinski definition) is 1. The SMILES string of the molecule is CC(=O)N1CC(N)CC(c2ccc(Cl)cc2)C1. The van der Waals surface area contributed by atoms with Gasteiger partial charge in [-0.3, -0.25) is 4.79 Å². The Morgan fingerprint density at radius 3 is 2.59 bits per heavy atom. The zero-order valence-electron chi connectivity index (χ0n) is 9.90. The molecule has 2 N–H and O–H groups in total. The van der Waals surface area contributed by atoms with Crippen molar-refractivity contribution in [2.75, 3.05) is 13.1 Å². The molecule has 1 aliphatic heterocycles. The van der Waals surface area contributed by atoms with E-state index >= 15 is 0 Å². The molecule has 1 amide bonds. The first kappa shape index (κ1) is 12.4. The molecular weight excluding hydrogens is 236 g/mol. The first-order valence-electron chi connectivity index (χ1n) is 5.83. The van der Waals surface area contributed by atoms with Crippen molar-refractivity contribution >= 4 is 17.5 Å². The fourth-order valence-corrected chi connectivity index (χ4v) is 2.50. The topological polar surface area (TPSA) is 46.3 Å². The number of halogens is 1. The van der Waals surface area contributed by atoms with Gasteiger partial charge < -0.3 is 10.6 Å². The predicted molar refractivity (Wildman–Crippen MR) is 69.0 cm³/mol. The largest absolute Gasteiger partial charge is 0.341 e. The molecule has 2 unspecified atom stereocenters. The van der Waals surface area contributed by atoms with Crippen LogP contribution in [0.15, 0.2) is 24.3 Å². The number of carbonyl (C=O) groups is 1. The summed E-state index contributed by atoms with van der Waals surface area (Å²) < 4.78 is 0. The normalized spacial score (nSPS) is 24.8. The van der Waals surface area contributed by atoms with E-state index in [1.807, 2.05) is 29.2 Å². The third-order valence-electron chi connectivity index (χ3n) is 3.27. The van der Waals surface area contributed by atoms with E-state index in [2.05, 4.69) is 0 Å². The van der Waals surface area contributed by atoms with Crippen molar-refractivity contribution in [1.29, 1.82) is 0 Å². The Bertz CT molecular complexity index is 404. The molecule has 0 aromatic heterocycles. The molecular formula is C13H17ClN2O. The molecule has 17 heavy (non-hydrogen) atoms. The van der Waals surface area contributed by atoms with Gasteiger partial charge in [-0.1, -0.05) is 23.7 Å². The first-order chi connectivity index (χ1) is 8.06. The van der Waals surface area contributed by atoms with E-state index in [4.69, 9.17) is 17.3 Å². The van der Waals surface area contributed by atoms with Crippen LogP contribution < -0.4 is 5.73 Å². The van der Waals surface area contributed by atoms with Gasteiger partial charge >= 0.3 is 0 Å². The van der Waals surface area contributed by atoms with Gasteiger partial charge in [-0.25, -0.2) is 0 Å². The molecule has 2 atom stereocenters. The third-order valence-corrected chi connectivity index (χ3v) is 3.52. The number of benzene rings is 1. The number of likely N-dealkylation sites (tertiary alicyclic amines) is 1. The summed E-state index contributed by atoms with van der Waals surface area (Å²) in [6.45, 7) is 3.01. The van der Waals surface area contributed by atoms with Crippen molar-refractivity contribution in [3.8, 4) is 0 Å². The molecule has 0 radical (unpaired) electrons.